The van der Waals surface area contributed by atoms with E-state index in [0.29, 0.717) is 33.3 Å². The average Bonchev–Trinajstić information content (AvgIpc) is 3.42. The summed E-state index contributed by atoms with van der Waals surface area (Å²) in [7, 11) is 0. The smallest absolute Gasteiger partial charge is 0.333 e. The molecule has 0 saturated heterocycles. The Bertz CT molecular complexity index is 1600. The van der Waals surface area contributed by atoms with Crippen LogP contribution in [0.1, 0.15) is 11.1 Å². The molecule has 170 valence electrons. The average molecular weight is 475 g/mol. The van der Waals surface area contributed by atoms with Crippen LogP contribution in [0.25, 0.3) is 28.5 Å². The maximum Gasteiger partial charge on any atom is 0.350 e. The standard InChI is InChI=1S/C24H19ClN6O3/c1-14-6-3-10-19(15(14)2)26-20(32)13-31-24(33)30-11-5-9-18(22(30)28-31)23-27-21(29-34-23)16-7-4-8-17(25)12-16/h3-12H,13H2,1-2H3,(H,26,32). The summed E-state index contributed by atoms with van der Waals surface area (Å²) >= 11 is 6.06. The van der Waals surface area contributed by atoms with Gasteiger partial charge in [-0.2, -0.15) is 4.98 Å². The lowest BCUT2D eigenvalue weighted by atomic mass is 10.1. The molecule has 0 bridgehead atoms. The molecule has 1 N–H and O–H groups in total. The predicted octanol–water partition coefficient (Wildman–Crippen LogP) is 4.12. The van der Waals surface area contributed by atoms with E-state index in [1.54, 1.807) is 36.5 Å². The first-order valence-electron chi connectivity index (χ1n) is 10.4. The molecule has 0 aliphatic carbocycles. The number of nitrogens with one attached hydrogen (secondary N) is 1. The normalized spacial score (nSPS) is 11.1. The van der Waals surface area contributed by atoms with Crippen molar-refractivity contribution in [2.24, 2.45) is 0 Å². The zero-order valence-electron chi connectivity index (χ0n) is 18.3. The number of fused-ring (bicyclic) bond motifs is 1. The molecule has 0 unspecified atom stereocenters. The molecule has 0 spiro atoms. The van der Waals surface area contributed by atoms with Gasteiger partial charge in [-0.05, 0) is 55.3 Å². The van der Waals surface area contributed by atoms with Gasteiger partial charge in [0, 0.05) is 22.5 Å². The fourth-order valence-electron chi connectivity index (χ4n) is 3.60. The quantitative estimate of drug-likeness (QED) is 0.410. The van der Waals surface area contributed by atoms with Crippen molar-refractivity contribution in [1.82, 2.24) is 24.3 Å². The maximum atomic E-state index is 12.9. The van der Waals surface area contributed by atoms with E-state index in [1.807, 2.05) is 38.1 Å². The van der Waals surface area contributed by atoms with Gasteiger partial charge in [0.05, 0.1) is 5.56 Å². The predicted molar refractivity (Wildman–Crippen MR) is 128 cm³/mol. The molecule has 0 aliphatic heterocycles. The summed E-state index contributed by atoms with van der Waals surface area (Å²) in [4.78, 5) is 30.0. The van der Waals surface area contributed by atoms with Crippen LogP contribution in [0, 0.1) is 13.8 Å². The number of hydrogen-bond donors (Lipinski definition) is 1. The van der Waals surface area contributed by atoms with Crippen LogP contribution in [0.3, 0.4) is 0 Å². The molecule has 0 radical (unpaired) electrons. The van der Waals surface area contributed by atoms with E-state index in [-0.39, 0.29) is 18.3 Å². The van der Waals surface area contributed by atoms with Crippen molar-refractivity contribution >= 4 is 28.8 Å². The first-order valence-corrected chi connectivity index (χ1v) is 10.8. The molecule has 0 aliphatic rings. The Balaban J connectivity index is 1.46. The topological polar surface area (TPSA) is 107 Å². The SMILES string of the molecule is Cc1cccc(NC(=O)Cn2nc3c(-c4nc(-c5cccc(Cl)c5)no4)cccn3c2=O)c1C. The number of halogens is 1. The van der Waals surface area contributed by atoms with Crippen molar-refractivity contribution in [2.75, 3.05) is 5.32 Å². The van der Waals surface area contributed by atoms with E-state index in [0.717, 1.165) is 15.8 Å². The van der Waals surface area contributed by atoms with Crippen LogP contribution in [0.2, 0.25) is 5.02 Å². The fourth-order valence-corrected chi connectivity index (χ4v) is 3.79. The van der Waals surface area contributed by atoms with Gasteiger partial charge in [-0.1, -0.05) is 41.0 Å². The largest absolute Gasteiger partial charge is 0.350 e. The molecular weight excluding hydrogens is 456 g/mol. The summed E-state index contributed by atoms with van der Waals surface area (Å²) < 4.78 is 7.88. The third kappa shape index (κ3) is 3.97. The van der Waals surface area contributed by atoms with Gasteiger partial charge in [-0.3, -0.25) is 4.79 Å². The second-order valence-corrected chi connectivity index (χ2v) is 8.22. The third-order valence-electron chi connectivity index (χ3n) is 5.52. The van der Waals surface area contributed by atoms with Gasteiger partial charge in [-0.25, -0.2) is 13.9 Å². The number of aromatic nitrogens is 5. The van der Waals surface area contributed by atoms with Crippen LogP contribution in [-0.4, -0.2) is 30.2 Å². The summed E-state index contributed by atoms with van der Waals surface area (Å²) in [6.07, 6.45) is 1.57. The lowest BCUT2D eigenvalue weighted by Crippen LogP contribution is -2.28. The van der Waals surface area contributed by atoms with E-state index in [1.165, 1.54) is 4.40 Å². The minimum atomic E-state index is -0.456. The van der Waals surface area contributed by atoms with Crippen LogP contribution in [0.5, 0.6) is 0 Å². The summed E-state index contributed by atoms with van der Waals surface area (Å²) in [6, 6.07) is 16.1. The van der Waals surface area contributed by atoms with Gasteiger partial charge >= 0.3 is 5.69 Å². The van der Waals surface area contributed by atoms with Gasteiger partial charge in [0.1, 0.15) is 6.54 Å². The van der Waals surface area contributed by atoms with Crippen LogP contribution in [-0.2, 0) is 11.3 Å². The second-order valence-electron chi connectivity index (χ2n) is 7.78. The summed E-state index contributed by atoms with van der Waals surface area (Å²) in [5.41, 5.74) is 3.73. The van der Waals surface area contributed by atoms with Crippen LogP contribution >= 0.6 is 11.6 Å². The Morgan fingerprint density at radius 2 is 1.94 bits per heavy atom. The number of amides is 1. The van der Waals surface area contributed by atoms with Crippen molar-refractivity contribution in [1.29, 1.82) is 0 Å². The van der Waals surface area contributed by atoms with Crippen molar-refractivity contribution < 1.29 is 9.32 Å². The second kappa shape index (κ2) is 8.60. The highest BCUT2D eigenvalue weighted by Gasteiger charge is 2.19. The molecule has 1 amide bonds. The van der Waals surface area contributed by atoms with E-state index >= 15 is 0 Å². The molecule has 9 nitrogen and oxygen atoms in total. The number of carbonyl (C=O) groups excluding carboxylic acids is 1. The number of hydrogen-bond acceptors (Lipinski definition) is 6. The zero-order chi connectivity index (χ0) is 23.8. The van der Waals surface area contributed by atoms with Gasteiger partial charge in [0.2, 0.25) is 11.7 Å². The highest BCUT2D eigenvalue weighted by Crippen LogP contribution is 2.26. The number of anilines is 1. The van der Waals surface area contributed by atoms with Gasteiger partial charge in [-0.15, -0.1) is 5.10 Å². The Kier molecular flexibility index (Phi) is 5.46. The molecule has 34 heavy (non-hydrogen) atoms. The monoisotopic (exact) mass is 474 g/mol. The van der Waals surface area contributed by atoms with Crippen LogP contribution in [0.15, 0.2) is 70.1 Å². The van der Waals surface area contributed by atoms with E-state index in [2.05, 4.69) is 20.6 Å². The number of carbonyl (C=O) groups is 1. The number of benzene rings is 2. The molecule has 3 aromatic heterocycles. The number of aryl methyl sites for hydroxylation is 1. The first kappa shape index (κ1) is 21.6. The lowest BCUT2D eigenvalue weighted by molar-refractivity contribution is -0.117. The number of pyridine rings is 1. The van der Waals surface area contributed by atoms with E-state index < -0.39 is 5.69 Å². The Hall–Kier alpha value is -4.24. The van der Waals surface area contributed by atoms with Gasteiger partial charge in [0.15, 0.2) is 5.65 Å². The highest BCUT2D eigenvalue weighted by atomic mass is 35.5. The molecular formula is C24H19ClN6O3. The zero-order valence-corrected chi connectivity index (χ0v) is 19.1. The van der Waals surface area contributed by atoms with E-state index in [9.17, 15) is 9.59 Å². The third-order valence-corrected chi connectivity index (χ3v) is 5.76. The van der Waals surface area contributed by atoms with Gasteiger partial charge in [0.25, 0.3) is 5.89 Å². The van der Waals surface area contributed by atoms with Crippen molar-refractivity contribution in [3.8, 4) is 22.8 Å². The molecule has 0 atom stereocenters. The molecule has 0 saturated carbocycles. The highest BCUT2D eigenvalue weighted by molar-refractivity contribution is 6.30. The molecule has 0 fully saturated rings. The lowest BCUT2D eigenvalue weighted by Gasteiger charge is -2.09. The molecule has 5 aromatic rings. The number of rotatable bonds is 5. The molecule has 3 heterocycles. The number of nitrogens with zero attached hydrogens (tertiary/aromatic N) is 5. The van der Waals surface area contributed by atoms with E-state index in [4.69, 9.17) is 16.1 Å². The van der Waals surface area contributed by atoms with Crippen molar-refractivity contribution in [3.63, 3.8) is 0 Å². The van der Waals surface area contributed by atoms with Crippen molar-refractivity contribution in [3.05, 3.63) is 87.4 Å². The Morgan fingerprint density at radius 3 is 2.76 bits per heavy atom. The van der Waals surface area contributed by atoms with Crippen LogP contribution < -0.4 is 11.0 Å². The summed E-state index contributed by atoms with van der Waals surface area (Å²) in [5.74, 6) is 0.188. The minimum Gasteiger partial charge on any atom is -0.333 e. The molecule has 10 heteroatoms. The van der Waals surface area contributed by atoms with Crippen molar-refractivity contribution in [2.45, 2.75) is 20.4 Å². The molecule has 2 aromatic carbocycles. The van der Waals surface area contributed by atoms with Gasteiger partial charge < -0.3 is 9.84 Å². The minimum absolute atomic E-state index is 0.192. The Morgan fingerprint density at radius 1 is 1.12 bits per heavy atom. The maximum absolute atomic E-state index is 12.9. The Labute approximate surface area is 198 Å². The summed E-state index contributed by atoms with van der Waals surface area (Å²) in [5, 5.41) is 11.8. The van der Waals surface area contributed by atoms with Crippen LogP contribution in [0.4, 0.5) is 5.69 Å². The fraction of sp³-hybridized carbons (Fsp3) is 0.125. The molecule has 5 rings (SSSR count). The first-order chi connectivity index (χ1) is 16.4. The summed E-state index contributed by atoms with van der Waals surface area (Å²) in [6.45, 7) is 3.65.